The minimum atomic E-state index is -0.486. The summed E-state index contributed by atoms with van der Waals surface area (Å²) >= 11 is 1.19. The average Bonchev–Trinajstić information content (AvgIpc) is 3.18. The van der Waals surface area contributed by atoms with Crippen molar-refractivity contribution in [3.05, 3.63) is 69.5 Å². The van der Waals surface area contributed by atoms with Gasteiger partial charge in [0.05, 0.1) is 17.8 Å². The number of anilines is 1. The highest BCUT2D eigenvalue weighted by Gasteiger charge is 2.15. The number of carbonyl (C=O) groups is 2. The standard InChI is InChI=1S/C22H24N6O5S/c1-14-4-7-16(12-18(14)28(31)32)24-20(29)13-34-22-26-25-19(27(22)2)10-11-23-21(30)15-5-8-17(33-3)9-6-15/h4-9,12H,10-11,13H2,1-3H3,(H,23,30)(H,24,29). The van der Waals surface area contributed by atoms with Crippen molar-refractivity contribution < 1.29 is 19.2 Å². The summed E-state index contributed by atoms with van der Waals surface area (Å²) in [5.74, 6) is 0.871. The third-order valence-electron chi connectivity index (χ3n) is 4.93. The number of amides is 2. The van der Waals surface area contributed by atoms with Crippen LogP contribution in [-0.2, 0) is 18.3 Å². The van der Waals surface area contributed by atoms with Crippen LogP contribution in [0.4, 0.5) is 11.4 Å². The van der Waals surface area contributed by atoms with Crippen molar-refractivity contribution in [2.45, 2.75) is 18.5 Å². The van der Waals surface area contributed by atoms with Gasteiger partial charge in [-0.05, 0) is 37.3 Å². The summed E-state index contributed by atoms with van der Waals surface area (Å²) in [4.78, 5) is 35.1. The number of carbonyl (C=O) groups excluding carboxylic acids is 2. The minimum absolute atomic E-state index is 0.0533. The van der Waals surface area contributed by atoms with Crippen LogP contribution in [0.15, 0.2) is 47.6 Å². The molecule has 2 N–H and O–H groups in total. The van der Waals surface area contributed by atoms with Crippen LogP contribution in [0.25, 0.3) is 0 Å². The zero-order chi connectivity index (χ0) is 24.7. The number of hydrogen-bond acceptors (Lipinski definition) is 8. The number of hydrogen-bond donors (Lipinski definition) is 2. The second kappa shape index (κ2) is 11.3. The molecule has 34 heavy (non-hydrogen) atoms. The Hall–Kier alpha value is -3.93. The lowest BCUT2D eigenvalue weighted by atomic mass is 10.2. The van der Waals surface area contributed by atoms with Crippen LogP contribution in [0.3, 0.4) is 0 Å². The first-order valence-electron chi connectivity index (χ1n) is 10.3. The number of nitrogens with zero attached hydrogens (tertiary/aromatic N) is 4. The predicted octanol–water partition coefficient (Wildman–Crippen LogP) is 2.74. The monoisotopic (exact) mass is 484 g/mol. The zero-order valence-corrected chi connectivity index (χ0v) is 19.7. The van der Waals surface area contributed by atoms with Gasteiger partial charge in [0.2, 0.25) is 5.91 Å². The molecular weight excluding hydrogens is 460 g/mol. The van der Waals surface area contributed by atoms with E-state index in [1.807, 2.05) is 0 Å². The molecule has 0 saturated heterocycles. The molecular formula is C22H24N6O5S. The molecule has 0 spiro atoms. The van der Waals surface area contributed by atoms with Gasteiger partial charge >= 0.3 is 0 Å². The summed E-state index contributed by atoms with van der Waals surface area (Å²) in [5, 5.41) is 25.3. The van der Waals surface area contributed by atoms with Gasteiger partial charge in [0.25, 0.3) is 11.6 Å². The fourth-order valence-corrected chi connectivity index (χ4v) is 3.76. The third-order valence-corrected chi connectivity index (χ3v) is 5.95. The molecule has 0 saturated carbocycles. The Labute approximate surface area is 200 Å². The number of nitro groups is 1. The molecule has 2 amide bonds. The topological polar surface area (TPSA) is 141 Å². The summed E-state index contributed by atoms with van der Waals surface area (Å²) in [7, 11) is 3.34. The van der Waals surface area contributed by atoms with Crippen molar-refractivity contribution in [3.8, 4) is 5.75 Å². The molecule has 12 heteroatoms. The number of aromatic nitrogens is 3. The predicted molar refractivity (Wildman–Crippen MR) is 127 cm³/mol. The molecule has 2 aromatic carbocycles. The second-order valence-electron chi connectivity index (χ2n) is 7.29. The molecule has 0 aliphatic heterocycles. The van der Waals surface area contributed by atoms with Crippen LogP contribution in [-0.4, -0.2) is 50.9 Å². The van der Waals surface area contributed by atoms with Crippen LogP contribution in [0.2, 0.25) is 0 Å². The highest BCUT2D eigenvalue weighted by molar-refractivity contribution is 7.99. The molecule has 3 aromatic rings. The Kier molecular flexibility index (Phi) is 8.19. The SMILES string of the molecule is COc1ccc(C(=O)NCCc2nnc(SCC(=O)Nc3ccc(C)c([N+](=O)[O-])c3)n2C)cc1. The Morgan fingerprint density at radius 3 is 2.59 bits per heavy atom. The molecule has 0 bridgehead atoms. The second-order valence-corrected chi connectivity index (χ2v) is 8.23. The van der Waals surface area contributed by atoms with Gasteiger partial charge in [-0.25, -0.2) is 0 Å². The lowest BCUT2D eigenvalue weighted by molar-refractivity contribution is -0.385. The summed E-state index contributed by atoms with van der Waals surface area (Å²) in [6, 6.07) is 11.3. The quantitative estimate of drug-likeness (QED) is 0.254. The largest absolute Gasteiger partial charge is 0.497 e. The Bertz CT molecular complexity index is 1190. The van der Waals surface area contributed by atoms with Crippen molar-refractivity contribution in [1.82, 2.24) is 20.1 Å². The molecule has 0 aliphatic rings. The average molecular weight is 485 g/mol. The lowest BCUT2D eigenvalue weighted by Gasteiger charge is -2.07. The highest BCUT2D eigenvalue weighted by Crippen LogP contribution is 2.23. The molecule has 0 unspecified atom stereocenters. The smallest absolute Gasteiger partial charge is 0.274 e. The summed E-state index contributed by atoms with van der Waals surface area (Å²) in [6.07, 6.45) is 0.463. The van der Waals surface area contributed by atoms with E-state index in [2.05, 4.69) is 20.8 Å². The molecule has 1 heterocycles. The molecule has 0 atom stereocenters. The van der Waals surface area contributed by atoms with E-state index < -0.39 is 4.92 Å². The van der Waals surface area contributed by atoms with Crippen LogP contribution in [0, 0.1) is 17.0 Å². The summed E-state index contributed by atoms with van der Waals surface area (Å²) in [6.45, 7) is 2.00. The normalized spacial score (nSPS) is 10.6. The Morgan fingerprint density at radius 1 is 1.18 bits per heavy atom. The van der Waals surface area contributed by atoms with Crippen molar-refractivity contribution in [2.75, 3.05) is 24.7 Å². The number of benzene rings is 2. The Balaban J connectivity index is 1.48. The number of rotatable bonds is 10. The minimum Gasteiger partial charge on any atom is -0.497 e. The van der Waals surface area contributed by atoms with Crippen LogP contribution >= 0.6 is 11.8 Å². The molecule has 0 radical (unpaired) electrons. The van der Waals surface area contributed by atoms with Crippen molar-refractivity contribution >= 4 is 35.0 Å². The molecule has 3 rings (SSSR count). The van der Waals surface area contributed by atoms with E-state index in [4.69, 9.17) is 4.74 Å². The highest BCUT2D eigenvalue weighted by atomic mass is 32.2. The van der Waals surface area contributed by atoms with Gasteiger partial charge in [-0.2, -0.15) is 0 Å². The van der Waals surface area contributed by atoms with E-state index in [0.717, 1.165) is 0 Å². The number of methoxy groups -OCH3 is 1. The fourth-order valence-electron chi connectivity index (χ4n) is 3.03. The zero-order valence-electron chi connectivity index (χ0n) is 18.9. The van der Waals surface area contributed by atoms with E-state index in [1.165, 1.54) is 17.8 Å². The van der Waals surface area contributed by atoms with Gasteiger partial charge in [-0.3, -0.25) is 19.7 Å². The molecule has 1 aromatic heterocycles. The number of nitrogens with one attached hydrogen (secondary N) is 2. The van der Waals surface area contributed by atoms with E-state index in [1.54, 1.807) is 62.0 Å². The van der Waals surface area contributed by atoms with Gasteiger partial charge in [0, 0.05) is 42.9 Å². The summed E-state index contributed by atoms with van der Waals surface area (Å²) < 4.78 is 6.84. The Morgan fingerprint density at radius 2 is 1.91 bits per heavy atom. The summed E-state index contributed by atoms with van der Waals surface area (Å²) in [5.41, 5.74) is 1.35. The van der Waals surface area contributed by atoms with Gasteiger partial charge in [-0.1, -0.05) is 17.8 Å². The van der Waals surface area contributed by atoms with Gasteiger partial charge < -0.3 is 19.9 Å². The van der Waals surface area contributed by atoms with Gasteiger partial charge in [0.1, 0.15) is 11.6 Å². The molecule has 0 aliphatic carbocycles. The maximum atomic E-state index is 12.3. The fraction of sp³-hybridized carbons (Fsp3) is 0.273. The van der Waals surface area contributed by atoms with Crippen molar-refractivity contribution in [2.24, 2.45) is 7.05 Å². The van der Waals surface area contributed by atoms with E-state index in [0.29, 0.717) is 46.5 Å². The van der Waals surface area contributed by atoms with Crippen LogP contribution in [0.1, 0.15) is 21.7 Å². The van der Waals surface area contributed by atoms with E-state index in [-0.39, 0.29) is 23.3 Å². The lowest BCUT2D eigenvalue weighted by Crippen LogP contribution is -2.26. The van der Waals surface area contributed by atoms with E-state index >= 15 is 0 Å². The van der Waals surface area contributed by atoms with Gasteiger partial charge in [0.15, 0.2) is 5.16 Å². The number of aryl methyl sites for hydroxylation is 1. The molecule has 178 valence electrons. The first-order valence-corrected chi connectivity index (χ1v) is 11.2. The van der Waals surface area contributed by atoms with Gasteiger partial charge in [-0.15, -0.1) is 10.2 Å². The molecule has 0 fully saturated rings. The van der Waals surface area contributed by atoms with Crippen LogP contribution in [0.5, 0.6) is 5.75 Å². The molecule has 11 nitrogen and oxygen atoms in total. The first kappa shape index (κ1) is 24.7. The number of ether oxygens (including phenoxy) is 1. The third kappa shape index (κ3) is 6.32. The number of nitro benzene ring substituents is 1. The number of thioether (sulfide) groups is 1. The van der Waals surface area contributed by atoms with Crippen LogP contribution < -0.4 is 15.4 Å². The van der Waals surface area contributed by atoms with Crippen molar-refractivity contribution in [1.29, 1.82) is 0 Å². The first-order chi connectivity index (χ1) is 16.3. The maximum absolute atomic E-state index is 12.3. The van der Waals surface area contributed by atoms with E-state index in [9.17, 15) is 19.7 Å². The maximum Gasteiger partial charge on any atom is 0.274 e. The van der Waals surface area contributed by atoms with Crippen molar-refractivity contribution in [3.63, 3.8) is 0 Å².